The van der Waals surface area contributed by atoms with Gasteiger partial charge < -0.3 is 9.55 Å². The average Bonchev–Trinajstić information content (AvgIpc) is 3.52. The first-order valence-electron chi connectivity index (χ1n) is 11.0. The zero-order chi connectivity index (χ0) is 22.6. The van der Waals surface area contributed by atoms with Crippen LogP contribution in [-0.4, -0.2) is 32.3 Å². The molecule has 164 valence electrons. The number of aromatic nitrogens is 3. The smallest absolute Gasteiger partial charge is 0.195 e. The lowest BCUT2D eigenvalue weighted by Gasteiger charge is -2.08. The minimum absolute atomic E-state index is 0.0395. The number of nitrogens with zero attached hydrogens (tertiary/aromatic N) is 2. The van der Waals surface area contributed by atoms with Crippen LogP contribution in [0.5, 0.6) is 0 Å². The van der Waals surface area contributed by atoms with Gasteiger partial charge in [0, 0.05) is 35.3 Å². The van der Waals surface area contributed by atoms with Gasteiger partial charge in [0.2, 0.25) is 0 Å². The lowest BCUT2D eigenvalue weighted by atomic mass is 9.94. The Morgan fingerprint density at radius 1 is 0.970 bits per heavy atom. The summed E-state index contributed by atoms with van der Waals surface area (Å²) >= 11 is 1.83. The van der Waals surface area contributed by atoms with Gasteiger partial charge in [-0.3, -0.25) is 4.79 Å². The molecule has 0 unspecified atom stereocenters. The normalized spacial score (nSPS) is 11.2. The molecule has 5 aromatic rings. The van der Waals surface area contributed by atoms with Crippen molar-refractivity contribution >= 4 is 28.3 Å². The molecule has 0 saturated heterocycles. The number of benzene rings is 3. The molecule has 0 aliphatic rings. The number of carbonyl (C=O) groups is 1. The fourth-order valence-electron chi connectivity index (χ4n) is 4.22. The van der Waals surface area contributed by atoms with Crippen molar-refractivity contribution in [3.8, 4) is 11.1 Å². The van der Waals surface area contributed by atoms with Gasteiger partial charge in [-0.25, -0.2) is 4.98 Å². The SMILES string of the molecule is CSCCc1ccc(C(=O)c2cn(Cc3cnc[nH]3)cc2-c2cccc3ccccc23)cc1. The highest BCUT2D eigenvalue weighted by Gasteiger charge is 2.19. The Balaban J connectivity index is 1.58. The Hall–Kier alpha value is -3.57. The summed E-state index contributed by atoms with van der Waals surface area (Å²) in [5.41, 5.74) is 5.68. The first-order chi connectivity index (χ1) is 16.2. The zero-order valence-corrected chi connectivity index (χ0v) is 19.3. The van der Waals surface area contributed by atoms with Gasteiger partial charge >= 0.3 is 0 Å². The van der Waals surface area contributed by atoms with E-state index in [4.69, 9.17) is 0 Å². The summed E-state index contributed by atoms with van der Waals surface area (Å²) in [6.07, 6.45) is 10.6. The summed E-state index contributed by atoms with van der Waals surface area (Å²) in [5.74, 6) is 1.12. The van der Waals surface area contributed by atoms with Gasteiger partial charge in [-0.2, -0.15) is 11.8 Å². The van der Waals surface area contributed by atoms with Crippen molar-refractivity contribution in [2.75, 3.05) is 12.0 Å². The Morgan fingerprint density at radius 3 is 2.58 bits per heavy atom. The van der Waals surface area contributed by atoms with E-state index in [9.17, 15) is 4.79 Å². The number of carbonyl (C=O) groups excluding carboxylic acids is 1. The third kappa shape index (κ3) is 4.50. The molecule has 0 radical (unpaired) electrons. The molecule has 1 N–H and O–H groups in total. The fraction of sp³-hybridized carbons (Fsp3) is 0.143. The highest BCUT2D eigenvalue weighted by molar-refractivity contribution is 7.98. The molecule has 0 saturated carbocycles. The maximum absolute atomic E-state index is 13.7. The summed E-state index contributed by atoms with van der Waals surface area (Å²) in [6.45, 7) is 0.624. The molecule has 2 aromatic heterocycles. The fourth-order valence-corrected chi connectivity index (χ4v) is 4.66. The number of thioether (sulfide) groups is 1. The quantitative estimate of drug-likeness (QED) is 0.285. The Morgan fingerprint density at radius 2 is 1.79 bits per heavy atom. The van der Waals surface area contributed by atoms with Crippen LogP contribution in [0.1, 0.15) is 27.2 Å². The largest absolute Gasteiger partial charge is 0.347 e. The molecule has 0 aliphatic carbocycles. The van der Waals surface area contributed by atoms with E-state index >= 15 is 0 Å². The summed E-state index contributed by atoms with van der Waals surface area (Å²) in [6, 6.07) is 22.6. The van der Waals surface area contributed by atoms with Crippen molar-refractivity contribution in [2.45, 2.75) is 13.0 Å². The van der Waals surface area contributed by atoms with Crippen molar-refractivity contribution in [3.63, 3.8) is 0 Å². The number of rotatable bonds is 8. The number of aromatic amines is 1. The number of fused-ring (bicyclic) bond motifs is 1. The van der Waals surface area contributed by atoms with Crippen molar-refractivity contribution in [1.29, 1.82) is 0 Å². The van der Waals surface area contributed by atoms with E-state index in [0.29, 0.717) is 17.7 Å². The number of hydrogen-bond acceptors (Lipinski definition) is 3. The number of nitrogens with one attached hydrogen (secondary N) is 1. The Kier molecular flexibility index (Phi) is 6.13. The van der Waals surface area contributed by atoms with E-state index in [1.54, 1.807) is 6.33 Å². The van der Waals surface area contributed by atoms with Crippen LogP contribution in [0.4, 0.5) is 0 Å². The van der Waals surface area contributed by atoms with E-state index in [1.807, 2.05) is 48.4 Å². The number of imidazole rings is 1. The first-order valence-corrected chi connectivity index (χ1v) is 12.4. The van der Waals surface area contributed by atoms with E-state index in [1.165, 1.54) is 5.56 Å². The second-order valence-corrected chi connectivity index (χ2v) is 9.12. The highest BCUT2D eigenvalue weighted by Crippen LogP contribution is 2.33. The van der Waals surface area contributed by atoms with Crippen LogP contribution < -0.4 is 0 Å². The van der Waals surface area contributed by atoms with Crippen molar-refractivity contribution in [3.05, 3.63) is 114 Å². The van der Waals surface area contributed by atoms with Crippen LogP contribution in [0.25, 0.3) is 21.9 Å². The van der Waals surface area contributed by atoms with Gasteiger partial charge in [-0.05, 0) is 40.3 Å². The minimum atomic E-state index is 0.0395. The predicted octanol–water partition coefficient (Wildman–Crippen LogP) is 6.22. The molecular weight excluding hydrogens is 426 g/mol. The van der Waals surface area contributed by atoms with Crippen LogP contribution in [-0.2, 0) is 13.0 Å². The van der Waals surface area contributed by atoms with Crippen molar-refractivity contribution in [2.24, 2.45) is 0 Å². The molecule has 0 amide bonds. The predicted molar refractivity (Wildman–Crippen MR) is 137 cm³/mol. The molecule has 3 aromatic carbocycles. The number of ketones is 1. The molecule has 0 bridgehead atoms. The minimum Gasteiger partial charge on any atom is -0.347 e. The number of H-pyrrole nitrogens is 1. The summed E-state index contributed by atoms with van der Waals surface area (Å²) in [7, 11) is 0. The molecule has 33 heavy (non-hydrogen) atoms. The van der Waals surface area contributed by atoms with Crippen LogP contribution in [0.2, 0.25) is 0 Å². The molecule has 0 spiro atoms. The maximum atomic E-state index is 13.7. The molecule has 5 rings (SSSR count). The topological polar surface area (TPSA) is 50.7 Å². The van der Waals surface area contributed by atoms with Gasteiger partial charge in [0.25, 0.3) is 0 Å². The molecule has 0 aliphatic heterocycles. The van der Waals surface area contributed by atoms with Crippen molar-refractivity contribution in [1.82, 2.24) is 14.5 Å². The second-order valence-electron chi connectivity index (χ2n) is 8.13. The standard InChI is InChI=1S/C28H25N3OS/c1-33-14-13-20-9-11-22(12-10-20)28(32)27-18-31(16-23-15-29-19-30-23)17-26(27)25-8-4-6-21-5-2-3-7-24(21)25/h2-12,15,17-19H,13-14,16H2,1H3,(H,29,30). The third-order valence-electron chi connectivity index (χ3n) is 5.92. The third-order valence-corrected chi connectivity index (χ3v) is 6.54. The Labute approximate surface area is 197 Å². The zero-order valence-electron chi connectivity index (χ0n) is 18.5. The van der Waals surface area contributed by atoms with E-state index < -0.39 is 0 Å². The van der Waals surface area contributed by atoms with Gasteiger partial charge in [0.1, 0.15) is 0 Å². The molecule has 5 heteroatoms. The van der Waals surface area contributed by atoms with Gasteiger partial charge in [-0.1, -0.05) is 66.7 Å². The molecule has 0 atom stereocenters. The van der Waals surface area contributed by atoms with E-state index in [-0.39, 0.29) is 5.78 Å². The first kappa shape index (κ1) is 21.3. The Bertz CT molecular complexity index is 1380. The highest BCUT2D eigenvalue weighted by atomic mass is 32.2. The van der Waals surface area contributed by atoms with Crippen LogP contribution in [0, 0.1) is 0 Å². The van der Waals surface area contributed by atoms with Crippen LogP contribution in [0.15, 0.2) is 91.6 Å². The monoisotopic (exact) mass is 451 g/mol. The number of hydrogen-bond donors (Lipinski definition) is 1. The summed E-state index contributed by atoms with van der Waals surface area (Å²) in [5, 5.41) is 2.30. The molecular formula is C28H25N3OS. The van der Waals surface area contributed by atoms with Crippen molar-refractivity contribution < 1.29 is 4.79 Å². The lowest BCUT2D eigenvalue weighted by Crippen LogP contribution is -2.03. The van der Waals surface area contributed by atoms with Crippen LogP contribution >= 0.6 is 11.8 Å². The average molecular weight is 452 g/mol. The molecule has 0 fully saturated rings. The van der Waals surface area contributed by atoms with Crippen LogP contribution in [0.3, 0.4) is 0 Å². The summed E-state index contributed by atoms with van der Waals surface area (Å²) in [4.78, 5) is 21.0. The van der Waals surface area contributed by atoms with Gasteiger partial charge in [0.15, 0.2) is 5.78 Å². The van der Waals surface area contributed by atoms with E-state index in [0.717, 1.165) is 39.8 Å². The second kappa shape index (κ2) is 9.51. The van der Waals surface area contributed by atoms with Gasteiger partial charge in [0.05, 0.1) is 18.6 Å². The number of aryl methyl sites for hydroxylation is 1. The molecule has 4 nitrogen and oxygen atoms in total. The summed E-state index contributed by atoms with van der Waals surface area (Å²) < 4.78 is 2.06. The molecule has 2 heterocycles. The maximum Gasteiger partial charge on any atom is 0.195 e. The van der Waals surface area contributed by atoms with E-state index in [2.05, 4.69) is 69.5 Å². The lowest BCUT2D eigenvalue weighted by molar-refractivity contribution is 0.103. The van der Waals surface area contributed by atoms with Gasteiger partial charge in [-0.15, -0.1) is 0 Å².